The molecule has 0 saturated carbocycles. The SMILES string of the molecule is CN1C(=O)N(c2ccc(Nc3cc(NCc4c(F)ccc(F)c4F)c(C(N)=O)cn3)nc2)C(=O)C1(C)C. The number of nitrogens with two attached hydrogens (primary N) is 1. The number of pyridine rings is 2. The highest BCUT2D eigenvalue weighted by Crippen LogP contribution is 2.31. The Balaban J connectivity index is 1.55. The molecule has 0 bridgehead atoms. The van der Waals surface area contributed by atoms with Crippen LogP contribution in [-0.2, 0) is 11.3 Å². The number of primary amides is 1. The summed E-state index contributed by atoms with van der Waals surface area (Å²) < 4.78 is 41.5. The number of nitrogens with zero attached hydrogens (tertiary/aromatic N) is 4. The van der Waals surface area contributed by atoms with Crippen molar-refractivity contribution in [1.82, 2.24) is 14.9 Å². The normalized spacial score (nSPS) is 14.8. The number of carbonyl (C=O) groups is 3. The van der Waals surface area contributed by atoms with Gasteiger partial charge in [-0.15, -0.1) is 0 Å². The van der Waals surface area contributed by atoms with Gasteiger partial charge in [0.05, 0.1) is 23.1 Å². The van der Waals surface area contributed by atoms with Gasteiger partial charge < -0.3 is 21.3 Å². The minimum atomic E-state index is -1.35. The van der Waals surface area contributed by atoms with E-state index in [4.69, 9.17) is 5.73 Å². The molecule has 0 radical (unpaired) electrons. The Morgan fingerprint density at radius 2 is 1.70 bits per heavy atom. The fourth-order valence-electron chi connectivity index (χ4n) is 3.63. The second kappa shape index (κ2) is 9.41. The number of amides is 4. The van der Waals surface area contributed by atoms with E-state index >= 15 is 0 Å². The van der Waals surface area contributed by atoms with Gasteiger partial charge in [0, 0.05) is 31.4 Å². The molecule has 192 valence electrons. The molecular weight excluding hydrogens is 491 g/mol. The average molecular weight is 513 g/mol. The van der Waals surface area contributed by atoms with Gasteiger partial charge in [-0.2, -0.15) is 0 Å². The van der Waals surface area contributed by atoms with Gasteiger partial charge in [-0.1, -0.05) is 0 Å². The van der Waals surface area contributed by atoms with E-state index in [0.717, 1.165) is 17.2 Å². The van der Waals surface area contributed by atoms with Crippen LogP contribution < -0.4 is 21.3 Å². The molecule has 3 aromatic rings. The van der Waals surface area contributed by atoms with Crippen molar-refractivity contribution in [2.45, 2.75) is 25.9 Å². The number of anilines is 4. The molecule has 13 heteroatoms. The number of aromatic nitrogens is 2. The molecule has 1 aliphatic rings. The summed E-state index contributed by atoms with van der Waals surface area (Å²) in [5.41, 5.74) is 4.11. The Bertz CT molecular complexity index is 1410. The van der Waals surface area contributed by atoms with E-state index in [1.54, 1.807) is 13.8 Å². The van der Waals surface area contributed by atoms with Crippen LogP contribution in [-0.4, -0.2) is 45.3 Å². The molecule has 0 spiro atoms. The molecule has 4 rings (SSSR count). The summed E-state index contributed by atoms with van der Waals surface area (Å²) in [5, 5.41) is 5.56. The predicted octanol–water partition coefficient (Wildman–Crippen LogP) is 3.53. The first kappa shape index (κ1) is 25.4. The van der Waals surface area contributed by atoms with Crippen LogP contribution in [0.5, 0.6) is 0 Å². The van der Waals surface area contributed by atoms with E-state index in [1.807, 2.05) is 0 Å². The molecular formula is C24H22F3N7O3. The number of hydrogen-bond acceptors (Lipinski definition) is 7. The van der Waals surface area contributed by atoms with E-state index < -0.39 is 52.9 Å². The van der Waals surface area contributed by atoms with Crippen molar-refractivity contribution in [2.75, 3.05) is 22.6 Å². The molecule has 0 atom stereocenters. The summed E-state index contributed by atoms with van der Waals surface area (Å²) in [6.07, 6.45) is 2.49. The van der Waals surface area contributed by atoms with Crippen LogP contribution in [0.25, 0.3) is 0 Å². The number of hydrogen-bond donors (Lipinski definition) is 3. The van der Waals surface area contributed by atoms with E-state index in [9.17, 15) is 27.6 Å². The van der Waals surface area contributed by atoms with E-state index in [-0.39, 0.29) is 28.6 Å². The second-order valence-electron chi connectivity index (χ2n) is 8.72. The van der Waals surface area contributed by atoms with Crippen LogP contribution in [0, 0.1) is 17.5 Å². The van der Waals surface area contributed by atoms with Crippen molar-refractivity contribution in [1.29, 1.82) is 0 Å². The molecule has 1 aliphatic heterocycles. The van der Waals surface area contributed by atoms with Gasteiger partial charge in [0.25, 0.3) is 11.8 Å². The topological polar surface area (TPSA) is 134 Å². The fourth-order valence-corrected chi connectivity index (χ4v) is 3.63. The Labute approximate surface area is 209 Å². The number of rotatable bonds is 7. The molecule has 1 aromatic carbocycles. The molecule has 2 aromatic heterocycles. The van der Waals surface area contributed by atoms with E-state index in [1.165, 1.54) is 36.3 Å². The molecule has 0 unspecified atom stereocenters. The average Bonchev–Trinajstić information content (AvgIpc) is 3.01. The molecule has 10 nitrogen and oxygen atoms in total. The lowest BCUT2D eigenvalue weighted by Crippen LogP contribution is -2.41. The quantitative estimate of drug-likeness (QED) is 0.325. The van der Waals surface area contributed by atoms with Crippen molar-refractivity contribution >= 4 is 40.9 Å². The van der Waals surface area contributed by atoms with Gasteiger partial charge in [0.1, 0.15) is 23.0 Å². The first-order chi connectivity index (χ1) is 17.4. The first-order valence-electron chi connectivity index (χ1n) is 10.9. The van der Waals surface area contributed by atoms with Crippen molar-refractivity contribution in [2.24, 2.45) is 5.73 Å². The number of imide groups is 1. The molecule has 0 aliphatic carbocycles. The van der Waals surface area contributed by atoms with Crippen LogP contribution in [0.15, 0.2) is 42.7 Å². The molecule has 37 heavy (non-hydrogen) atoms. The third-order valence-electron chi connectivity index (χ3n) is 6.07. The number of carbonyl (C=O) groups excluding carboxylic acids is 3. The highest BCUT2D eigenvalue weighted by atomic mass is 19.2. The zero-order valence-electron chi connectivity index (χ0n) is 20.0. The number of likely N-dealkylation sites (N-methyl/N-ethyl adjacent to an activating group) is 1. The molecule has 4 N–H and O–H groups in total. The maximum Gasteiger partial charge on any atom is 0.332 e. The van der Waals surface area contributed by atoms with Crippen LogP contribution in [0.1, 0.15) is 29.8 Å². The van der Waals surface area contributed by atoms with Crippen LogP contribution in [0.2, 0.25) is 0 Å². The fraction of sp³-hybridized carbons (Fsp3) is 0.208. The highest BCUT2D eigenvalue weighted by molar-refractivity contribution is 6.22. The largest absolute Gasteiger partial charge is 0.380 e. The first-order valence-corrected chi connectivity index (χ1v) is 10.9. The molecule has 1 fully saturated rings. The summed E-state index contributed by atoms with van der Waals surface area (Å²) >= 11 is 0. The zero-order valence-corrected chi connectivity index (χ0v) is 20.0. The Hall–Kier alpha value is -4.68. The third-order valence-corrected chi connectivity index (χ3v) is 6.07. The number of urea groups is 1. The number of halogens is 3. The van der Waals surface area contributed by atoms with E-state index in [2.05, 4.69) is 20.6 Å². The smallest absolute Gasteiger partial charge is 0.332 e. The summed E-state index contributed by atoms with van der Waals surface area (Å²) in [6, 6.07) is 5.37. The Kier molecular flexibility index (Phi) is 6.46. The predicted molar refractivity (Wildman–Crippen MR) is 129 cm³/mol. The van der Waals surface area contributed by atoms with Gasteiger partial charge in [-0.25, -0.2) is 32.8 Å². The third kappa shape index (κ3) is 4.62. The minimum absolute atomic E-state index is 0.0659. The van der Waals surface area contributed by atoms with Crippen LogP contribution in [0.3, 0.4) is 0 Å². The van der Waals surface area contributed by atoms with Gasteiger partial charge in [-0.05, 0) is 38.1 Å². The maximum absolute atomic E-state index is 14.0. The lowest BCUT2D eigenvalue weighted by molar-refractivity contribution is -0.123. The van der Waals surface area contributed by atoms with Crippen molar-refractivity contribution in [3.63, 3.8) is 0 Å². The minimum Gasteiger partial charge on any atom is -0.380 e. The van der Waals surface area contributed by atoms with E-state index in [0.29, 0.717) is 6.07 Å². The summed E-state index contributed by atoms with van der Waals surface area (Å²) in [5.74, 6) is -4.31. The summed E-state index contributed by atoms with van der Waals surface area (Å²) in [6.45, 7) is 2.80. The zero-order chi connectivity index (χ0) is 27.1. The second-order valence-corrected chi connectivity index (χ2v) is 8.72. The van der Waals surface area contributed by atoms with Gasteiger partial charge in [0.15, 0.2) is 11.6 Å². The van der Waals surface area contributed by atoms with Gasteiger partial charge >= 0.3 is 6.03 Å². The van der Waals surface area contributed by atoms with Crippen molar-refractivity contribution in [3.8, 4) is 0 Å². The lowest BCUT2D eigenvalue weighted by atomic mass is 10.1. The summed E-state index contributed by atoms with van der Waals surface area (Å²) in [4.78, 5) is 47.7. The van der Waals surface area contributed by atoms with Crippen LogP contribution >= 0.6 is 0 Å². The number of nitrogens with one attached hydrogen (secondary N) is 2. The van der Waals surface area contributed by atoms with Crippen LogP contribution in [0.4, 0.5) is 41.0 Å². The highest BCUT2D eigenvalue weighted by Gasteiger charge is 2.50. The Morgan fingerprint density at radius 1 is 1.03 bits per heavy atom. The lowest BCUT2D eigenvalue weighted by Gasteiger charge is -2.22. The molecule has 1 saturated heterocycles. The summed E-state index contributed by atoms with van der Waals surface area (Å²) in [7, 11) is 1.54. The monoisotopic (exact) mass is 513 g/mol. The standard InChI is InChI=1S/C24H22F3N7O3/c1-24(2)22(36)34(23(37)33(24)3)12-4-7-18(30-9-12)32-19-8-17(14(11-31-19)21(28)35)29-10-13-15(25)5-6-16(26)20(13)27/h4-9,11H,10H2,1-3H3,(H2,28,35)(H2,29,30,31,32). The Morgan fingerprint density at radius 3 is 2.30 bits per heavy atom. The van der Waals surface area contributed by atoms with Crippen molar-refractivity contribution < 1.29 is 27.6 Å². The number of benzene rings is 1. The molecule has 4 amide bonds. The maximum atomic E-state index is 14.0. The molecule has 3 heterocycles. The van der Waals surface area contributed by atoms with Gasteiger partial charge in [0.2, 0.25) is 0 Å². The van der Waals surface area contributed by atoms with Crippen molar-refractivity contribution in [3.05, 3.63) is 71.3 Å². The van der Waals surface area contributed by atoms with Gasteiger partial charge in [-0.3, -0.25) is 9.59 Å².